The van der Waals surface area contributed by atoms with Crippen molar-refractivity contribution in [3.05, 3.63) is 77.1 Å². The summed E-state index contributed by atoms with van der Waals surface area (Å²) in [7, 11) is 0. The number of benzene rings is 2. The van der Waals surface area contributed by atoms with Crippen molar-refractivity contribution in [1.29, 1.82) is 0 Å². The maximum Gasteiger partial charge on any atom is 0.151 e. The van der Waals surface area contributed by atoms with E-state index in [2.05, 4.69) is 46.4 Å². The summed E-state index contributed by atoms with van der Waals surface area (Å²) in [5, 5.41) is 0.722. The minimum atomic E-state index is 0.722. The molecule has 0 atom stereocenters. The molecule has 8 heteroatoms. The van der Waals surface area contributed by atoms with Crippen LogP contribution in [0.3, 0.4) is 0 Å². The van der Waals surface area contributed by atoms with Crippen molar-refractivity contribution in [3.8, 4) is 0 Å². The topological polar surface area (TPSA) is 38.7 Å². The second-order valence-electron chi connectivity index (χ2n) is 6.24. The molecule has 0 N–H and O–H groups in total. The van der Waals surface area contributed by atoms with Crippen LogP contribution in [0.2, 0.25) is 5.02 Å². The lowest BCUT2D eigenvalue weighted by molar-refractivity contribution is 1.09. The van der Waals surface area contributed by atoms with Gasteiger partial charge in [0.05, 0.1) is 31.8 Å². The molecule has 0 fully saturated rings. The molecule has 0 saturated heterocycles. The van der Waals surface area contributed by atoms with E-state index in [4.69, 9.17) is 16.6 Å². The lowest BCUT2D eigenvalue weighted by atomic mass is 10.3. The van der Waals surface area contributed by atoms with Crippen LogP contribution in [0.5, 0.6) is 0 Å². The van der Waals surface area contributed by atoms with Gasteiger partial charge in [-0.1, -0.05) is 53.3 Å². The van der Waals surface area contributed by atoms with Crippen molar-refractivity contribution in [3.63, 3.8) is 0 Å². The fourth-order valence-corrected chi connectivity index (χ4v) is 6.91. The van der Waals surface area contributed by atoms with Gasteiger partial charge in [-0.25, -0.2) is 9.97 Å². The number of aromatic nitrogens is 3. The van der Waals surface area contributed by atoms with E-state index < -0.39 is 0 Å². The van der Waals surface area contributed by atoms with Crippen LogP contribution in [0, 0.1) is 0 Å². The molecule has 0 bridgehead atoms. The second kappa shape index (κ2) is 8.62. The molecular formula is C21H14ClN3S4. The smallest absolute Gasteiger partial charge is 0.151 e. The molecule has 0 unspecified atom stereocenters. The SMILES string of the molecule is Clc1ccc2sc(SCc3cccc(CSc4nc5ccccc5s4)n3)nc2c1. The summed E-state index contributed by atoms with van der Waals surface area (Å²) >= 11 is 12.9. The van der Waals surface area contributed by atoms with Crippen molar-refractivity contribution in [2.75, 3.05) is 0 Å². The van der Waals surface area contributed by atoms with Crippen LogP contribution >= 0.6 is 57.8 Å². The fraction of sp³-hybridized carbons (Fsp3) is 0.0952. The number of hydrogen-bond donors (Lipinski definition) is 0. The van der Waals surface area contributed by atoms with Gasteiger partial charge in [-0.3, -0.25) is 4.98 Å². The van der Waals surface area contributed by atoms with Crippen molar-refractivity contribution in [1.82, 2.24) is 15.0 Å². The van der Waals surface area contributed by atoms with Crippen molar-refractivity contribution < 1.29 is 0 Å². The molecule has 144 valence electrons. The fourth-order valence-electron chi connectivity index (χ4n) is 2.82. The van der Waals surface area contributed by atoms with Gasteiger partial charge in [0.25, 0.3) is 0 Å². The number of para-hydroxylation sites is 1. The lowest BCUT2D eigenvalue weighted by Crippen LogP contribution is -1.92. The van der Waals surface area contributed by atoms with Crippen LogP contribution in [-0.2, 0) is 11.5 Å². The number of rotatable bonds is 6. The summed E-state index contributed by atoms with van der Waals surface area (Å²) in [4.78, 5) is 14.2. The molecule has 3 aromatic heterocycles. The zero-order valence-corrected chi connectivity index (χ0v) is 19.1. The van der Waals surface area contributed by atoms with Gasteiger partial charge in [-0.15, -0.1) is 22.7 Å². The molecule has 3 heterocycles. The standard InChI is InChI=1S/C21H14ClN3S4/c22-13-8-9-19-17(10-13)25-21(29-19)27-12-15-5-3-4-14(23-15)11-26-20-24-16-6-1-2-7-18(16)28-20/h1-10H,11-12H2. The Hall–Kier alpha value is -1.64. The molecule has 29 heavy (non-hydrogen) atoms. The Kier molecular flexibility index (Phi) is 5.74. The molecule has 0 aliphatic rings. The lowest BCUT2D eigenvalue weighted by Gasteiger charge is -2.02. The van der Waals surface area contributed by atoms with E-state index >= 15 is 0 Å². The van der Waals surface area contributed by atoms with Gasteiger partial charge in [0, 0.05) is 16.5 Å². The summed E-state index contributed by atoms with van der Waals surface area (Å²) in [6.07, 6.45) is 0. The Bertz CT molecular complexity index is 1260. The summed E-state index contributed by atoms with van der Waals surface area (Å²) in [5.41, 5.74) is 4.16. The first-order valence-corrected chi connectivity index (χ1v) is 12.8. The van der Waals surface area contributed by atoms with E-state index in [1.807, 2.05) is 24.3 Å². The van der Waals surface area contributed by atoms with Gasteiger partial charge < -0.3 is 0 Å². The quantitative estimate of drug-likeness (QED) is 0.239. The molecule has 0 radical (unpaired) electrons. The van der Waals surface area contributed by atoms with E-state index in [-0.39, 0.29) is 0 Å². The first kappa shape index (κ1) is 19.3. The maximum absolute atomic E-state index is 6.06. The molecule has 0 saturated carbocycles. The summed E-state index contributed by atoms with van der Waals surface area (Å²) in [6.45, 7) is 0. The maximum atomic E-state index is 6.06. The minimum absolute atomic E-state index is 0.722. The average molecular weight is 472 g/mol. The predicted molar refractivity (Wildman–Crippen MR) is 128 cm³/mol. The van der Waals surface area contributed by atoms with Crippen molar-refractivity contribution in [2.45, 2.75) is 20.2 Å². The average Bonchev–Trinajstić information content (AvgIpc) is 3.34. The Morgan fingerprint density at radius 3 is 2.07 bits per heavy atom. The van der Waals surface area contributed by atoms with Gasteiger partial charge in [-0.2, -0.15) is 0 Å². The number of pyridine rings is 1. The van der Waals surface area contributed by atoms with Gasteiger partial charge in [0.15, 0.2) is 8.68 Å². The zero-order valence-electron chi connectivity index (χ0n) is 15.0. The highest BCUT2D eigenvalue weighted by molar-refractivity contribution is 8.00. The predicted octanol–water partition coefficient (Wildman–Crippen LogP) is 7.54. The number of halogens is 1. The largest absolute Gasteiger partial charge is 0.256 e. The summed E-state index contributed by atoms with van der Waals surface area (Å²) in [5.74, 6) is 1.62. The molecule has 0 spiro atoms. The third-order valence-electron chi connectivity index (χ3n) is 4.16. The first-order chi connectivity index (χ1) is 14.2. The van der Waals surface area contributed by atoms with Crippen LogP contribution in [0.25, 0.3) is 20.4 Å². The van der Waals surface area contributed by atoms with E-state index in [0.29, 0.717) is 0 Å². The van der Waals surface area contributed by atoms with Crippen LogP contribution in [0.4, 0.5) is 0 Å². The number of hydrogen-bond acceptors (Lipinski definition) is 7. The molecule has 0 amide bonds. The first-order valence-electron chi connectivity index (χ1n) is 8.85. The molecule has 0 aliphatic heterocycles. The number of thiazole rings is 2. The van der Waals surface area contributed by atoms with E-state index in [9.17, 15) is 0 Å². The van der Waals surface area contributed by atoms with Crippen LogP contribution in [0.1, 0.15) is 11.4 Å². The third-order valence-corrected chi connectivity index (χ3v) is 8.82. The van der Waals surface area contributed by atoms with E-state index in [1.54, 1.807) is 46.2 Å². The minimum Gasteiger partial charge on any atom is -0.256 e. The van der Waals surface area contributed by atoms with Gasteiger partial charge in [0.2, 0.25) is 0 Å². The Labute approximate surface area is 189 Å². The summed E-state index contributed by atoms with van der Waals surface area (Å²) in [6, 6.07) is 20.3. The van der Waals surface area contributed by atoms with Crippen molar-refractivity contribution >= 4 is 78.2 Å². The molecule has 0 aliphatic carbocycles. The highest BCUT2D eigenvalue weighted by Gasteiger charge is 2.08. The van der Waals surface area contributed by atoms with Gasteiger partial charge in [-0.05, 0) is 42.5 Å². The molecule has 5 aromatic rings. The van der Waals surface area contributed by atoms with Crippen LogP contribution in [0.15, 0.2) is 69.3 Å². The zero-order chi connectivity index (χ0) is 19.6. The highest BCUT2D eigenvalue weighted by Crippen LogP contribution is 2.33. The highest BCUT2D eigenvalue weighted by atomic mass is 35.5. The number of nitrogens with zero attached hydrogens (tertiary/aromatic N) is 3. The molecule has 5 rings (SSSR count). The van der Waals surface area contributed by atoms with Crippen LogP contribution in [-0.4, -0.2) is 15.0 Å². The summed E-state index contributed by atoms with van der Waals surface area (Å²) < 4.78 is 4.51. The van der Waals surface area contributed by atoms with E-state index in [1.165, 1.54) is 4.70 Å². The van der Waals surface area contributed by atoms with Gasteiger partial charge >= 0.3 is 0 Å². The monoisotopic (exact) mass is 471 g/mol. The normalized spacial score (nSPS) is 11.5. The Morgan fingerprint density at radius 1 is 0.690 bits per heavy atom. The Morgan fingerprint density at radius 2 is 1.34 bits per heavy atom. The third kappa shape index (κ3) is 4.59. The van der Waals surface area contributed by atoms with Gasteiger partial charge in [0.1, 0.15) is 0 Å². The number of thioether (sulfide) groups is 2. The Balaban J connectivity index is 1.24. The molecule has 3 nitrogen and oxygen atoms in total. The molecular weight excluding hydrogens is 458 g/mol. The van der Waals surface area contributed by atoms with Crippen LogP contribution < -0.4 is 0 Å². The van der Waals surface area contributed by atoms with Crippen molar-refractivity contribution in [2.24, 2.45) is 0 Å². The second-order valence-corrected chi connectivity index (χ2v) is 11.2. The number of fused-ring (bicyclic) bond motifs is 2. The molecule has 2 aromatic carbocycles. The van der Waals surface area contributed by atoms with E-state index in [0.717, 1.165) is 52.3 Å².